The van der Waals surface area contributed by atoms with E-state index < -0.39 is 17.5 Å². The summed E-state index contributed by atoms with van der Waals surface area (Å²) in [5.41, 5.74) is 6.16. The summed E-state index contributed by atoms with van der Waals surface area (Å²) in [5, 5.41) is 0.178. The van der Waals surface area contributed by atoms with Crippen molar-refractivity contribution in [1.82, 2.24) is 0 Å². The number of hydrogen-bond acceptors (Lipinski definition) is 4. The number of carbonyl (C=O) groups excluding carboxylic acids is 1. The van der Waals surface area contributed by atoms with Gasteiger partial charge in [0.25, 0.3) is 0 Å². The van der Waals surface area contributed by atoms with Crippen LogP contribution in [-0.4, -0.2) is 6.09 Å². The van der Waals surface area contributed by atoms with Gasteiger partial charge in [-0.1, -0.05) is 30.3 Å². The minimum Gasteiger partial charge on any atom is -0.422 e. The number of fused-ring (bicyclic) bond motifs is 1. The van der Waals surface area contributed by atoms with Gasteiger partial charge in [-0.05, 0) is 18.1 Å². The van der Waals surface area contributed by atoms with Crippen LogP contribution in [-0.2, 0) is 6.42 Å². The van der Waals surface area contributed by atoms with Crippen LogP contribution < -0.4 is 16.1 Å². The Kier molecular flexibility index (Phi) is 4.04. The maximum atomic E-state index is 14.4. The molecular weight excluding hydrogens is 313 g/mol. The maximum Gasteiger partial charge on any atom is 0.409 e. The molecule has 3 aromatic rings. The van der Waals surface area contributed by atoms with Crippen molar-refractivity contribution in [3.05, 3.63) is 75.4 Å². The number of primary amides is 1. The van der Waals surface area contributed by atoms with E-state index in [0.29, 0.717) is 17.5 Å². The predicted octanol–water partition coefficient (Wildman–Crippen LogP) is 3.29. The van der Waals surface area contributed by atoms with Gasteiger partial charge in [-0.15, -0.1) is 0 Å². The van der Waals surface area contributed by atoms with Gasteiger partial charge >= 0.3 is 11.7 Å². The van der Waals surface area contributed by atoms with E-state index in [2.05, 4.69) is 4.74 Å². The van der Waals surface area contributed by atoms with Crippen molar-refractivity contribution in [2.45, 2.75) is 13.3 Å². The summed E-state index contributed by atoms with van der Waals surface area (Å²) < 4.78 is 24.3. The molecule has 0 bridgehead atoms. The van der Waals surface area contributed by atoms with Gasteiger partial charge in [-0.2, -0.15) is 0 Å². The zero-order valence-electron chi connectivity index (χ0n) is 12.8. The topological polar surface area (TPSA) is 82.5 Å². The van der Waals surface area contributed by atoms with Crippen LogP contribution in [0.4, 0.5) is 9.18 Å². The van der Waals surface area contributed by atoms with Crippen molar-refractivity contribution in [2.75, 3.05) is 0 Å². The Bertz CT molecular complexity index is 980. The first-order valence-corrected chi connectivity index (χ1v) is 7.22. The van der Waals surface area contributed by atoms with Gasteiger partial charge in [0, 0.05) is 24.1 Å². The van der Waals surface area contributed by atoms with Gasteiger partial charge < -0.3 is 14.9 Å². The molecule has 0 spiro atoms. The van der Waals surface area contributed by atoms with E-state index in [0.717, 1.165) is 11.6 Å². The van der Waals surface area contributed by atoms with Crippen molar-refractivity contribution in [2.24, 2.45) is 5.73 Å². The van der Waals surface area contributed by atoms with Gasteiger partial charge in [0.15, 0.2) is 0 Å². The Morgan fingerprint density at radius 3 is 2.62 bits per heavy atom. The molecular formula is C18H14FNO4. The third-order valence-electron chi connectivity index (χ3n) is 3.75. The van der Waals surface area contributed by atoms with Gasteiger partial charge in [0.05, 0.1) is 5.39 Å². The average Bonchev–Trinajstić information content (AvgIpc) is 2.51. The highest BCUT2D eigenvalue weighted by atomic mass is 19.1. The Morgan fingerprint density at radius 1 is 1.25 bits per heavy atom. The number of benzene rings is 2. The fourth-order valence-electron chi connectivity index (χ4n) is 2.65. The van der Waals surface area contributed by atoms with E-state index in [1.54, 1.807) is 6.92 Å². The monoisotopic (exact) mass is 327 g/mol. The first-order valence-electron chi connectivity index (χ1n) is 7.22. The molecule has 5 nitrogen and oxygen atoms in total. The molecule has 122 valence electrons. The van der Waals surface area contributed by atoms with Crippen molar-refractivity contribution in [1.29, 1.82) is 0 Å². The highest BCUT2D eigenvalue weighted by Gasteiger charge is 2.17. The highest BCUT2D eigenvalue weighted by molar-refractivity contribution is 5.84. The van der Waals surface area contributed by atoms with Crippen LogP contribution in [0.3, 0.4) is 0 Å². The lowest BCUT2D eigenvalue weighted by Crippen LogP contribution is -2.16. The number of amides is 1. The largest absolute Gasteiger partial charge is 0.422 e. The number of aryl methyl sites for hydroxylation is 1. The van der Waals surface area contributed by atoms with Crippen LogP contribution in [0.5, 0.6) is 5.75 Å². The Balaban J connectivity index is 2.15. The average molecular weight is 327 g/mol. The van der Waals surface area contributed by atoms with E-state index in [1.165, 1.54) is 6.07 Å². The molecule has 0 aliphatic rings. The van der Waals surface area contributed by atoms with E-state index in [1.807, 2.05) is 30.3 Å². The zero-order chi connectivity index (χ0) is 17.3. The molecule has 0 atom stereocenters. The second-order valence-electron chi connectivity index (χ2n) is 5.35. The minimum atomic E-state index is -1.08. The summed E-state index contributed by atoms with van der Waals surface area (Å²) in [6, 6.07) is 11.7. The summed E-state index contributed by atoms with van der Waals surface area (Å²) >= 11 is 0. The Hall–Kier alpha value is -3.15. The molecule has 2 aromatic carbocycles. The van der Waals surface area contributed by atoms with E-state index in [-0.39, 0.29) is 16.7 Å². The third-order valence-corrected chi connectivity index (χ3v) is 3.75. The third kappa shape index (κ3) is 2.99. The fraction of sp³-hybridized carbons (Fsp3) is 0.111. The van der Waals surface area contributed by atoms with E-state index in [4.69, 9.17) is 10.2 Å². The maximum absolute atomic E-state index is 14.4. The van der Waals surface area contributed by atoms with Crippen LogP contribution in [0.25, 0.3) is 11.0 Å². The SMILES string of the molecule is Cc1c(Cc2ccccc2)c(=O)oc2cc(OC(N)=O)cc(F)c12. The summed E-state index contributed by atoms with van der Waals surface area (Å²) in [6.07, 6.45) is -0.738. The summed E-state index contributed by atoms with van der Waals surface area (Å²) in [5.74, 6) is -0.773. The lowest BCUT2D eigenvalue weighted by molar-refractivity contribution is 0.211. The molecule has 0 fully saturated rings. The van der Waals surface area contributed by atoms with Crippen molar-refractivity contribution < 1.29 is 18.3 Å². The highest BCUT2D eigenvalue weighted by Crippen LogP contribution is 2.28. The minimum absolute atomic E-state index is 0.00515. The van der Waals surface area contributed by atoms with Crippen LogP contribution in [0, 0.1) is 12.7 Å². The van der Waals surface area contributed by atoms with Gasteiger partial charge in [-0.25, -0.2) is 14.0 Å². The molecule has 0 aliphatic carbocycles. The van der Waals surface area contributed by atoms with Crippen molar-refractivity contribution >= 4 is 17.1 Å². The van der Waals surface area contributed by atoms with Crippen LogP contribution in [0.2, 0.25) is 0 Å². The first-order chi connectivity index (χ1) is 11.5. The van der Waals surface area contributed by atoms with Crippen LogP contribution in [0.15, 0.2) is 51.7 Å². The normalized spacial score (nSPS) is 10.8. The molecule has 1 aromatic heterocycles. The number of nitrogens with two attached hydrogens (primary N) is 1. The molecule has 0 saturated carbocycles. The lowest BCUT2D eigenvalue weighted by atomic mass is 9.99. The number of rotatable bonds is 3. The fourth-order valence-corrected chi connectivity index (χ4v) is 2.65. The molecule has 6 heteroatoms. The summed E-state index contributed by atoms with van der Waals surface area (Å²) in [7, 11) is 0. The molecule has 0 saturated heterocycles. The van der Waals surface area contributed by atoms with Crippen molar-refractivity contribution in [3.63, 3.8) is 0 Å². The standard InChI is InChI=1S/C18H14FNO4/c1-10-13(7-11-5-3-2-4-6-11)17(21)24-15-9-12(23-18(20)22)8-14(19)16(10)15/h2-6,8-9H,7H2,1H3,(H2,20,22). The predicted molar refractivity (Wildman–Crippen MR) is 86.6 cm³/mol. The molecule has 1 heterocycles. The van der Waals surface area contributed by atoms with Gasteiger partial charge in [0.2, 0.25) is 0 Å². The Labute approximate surface area is 136 Å². The summed E-state index contributed by atoms with van der Waals surface area (Å²) in [6.45, 7) is 1.66. The smallest absolute Gasteiger partial charge is 0.409 e. The molecule has 2 N–H and O–H groups in total. The number of carbonyl (C=O) groups is 1. The first kappa shape index (κ1) is 15.7. The van der Waals surface area contributed by atoms with Crippen LogP contribution >= 0.6 is 0 Å². The molecule has 0 aliphatic heterocycles. The second kappa shape index (κ2) is 6.16. The van der Waals surface area contributed by atoms with Gasteiger partial charge in [-0.3, -0.25) is 0 Å². The molecule has 24 heavy (non-hydrogen) atoms. The van der Waals surface area contributed by atoms with E-state index in [9.17, 15) is 14.0 Å². The number of halogens is 1. The molecule has 0 radical (unpaired) electrons. The van der Waals surface area contributed by atoms with Crippen LogP contribution in [0.1, 0.15) is 16.7 Å². The molecule has 3 rings (SSSR count). The zero-order valence-corrected chi connectivity index (χ0v) is 12.8. The van der Waals surface area contributed by atoms with Gasteiger partial charge in [0.1, 0.15) is 17.1 Å². The second-order valence-corrected chi connectivity index (χ2v) is 5.35. The number of hydrogen-bond donors (Lipinski definition) is 1. The van der Waals surface area contributed by atoms with Crippen molar-refractivity contribution in [3.8, 4) is 5.75 Å². The molecule has 1 amide bonds. The Morgan fingerprint density at radius 2 is 1.96 bits per heavy atom. The quantitative estimate of drug-likeness (QED) is 0.748. The number of ether oxygens (including phenoxy) is 1. The molecule has 0 unspecified atom stereocenters. The van der Waals surface area contributed by atoms with E-state index >= 15 is 0 Å². The lowest BCUT2D eigenvalue weighted by Gasteiger charge is -2.10. The summed E-state index contributed by atoms with van der Waals surface area (Å²) in [4.78, 5) is 23.1.